The number of aliphatic hydroxyl groups excluding tert-OH is 1. The van der Waals surface area contributed by atoms with Crippen molar-refractivity contribution in [2.45, 2.75) is 64.6 Å². The number of thiocarbonyl (C=S) groups is 1. The third-order valence-electron chi connectivity index (χ3n) is 3.94. The average molecular weight is 358 g/mol. The van der Waals surface area contributed by atoms with Crippen LogP contribution in [0, 0.1) is 0 Å². The van der Waals surface area contributed by atoms with Gasteiger partial charge in [0.1, 0.15) is 0 Å². The Hall–Kier alpha value is -1.54. The van der Waals surface area contributed by atoms with E-state index in [0.29, 0.717) is 30.7 Å². The first-order valence-electron chi connectivity index (χ1n) is 8.14. The van der Waals surface area contributed by atoms with E-state index in [2.05, 4.69) is 5.32 Å². The monoisotopic (exact) mass is 358 g/mol. The predicted octanol–water partition coefficient (Wildman–Crippen LogP) is 0.925. The number of β-lactam (4-membered cyclic amide) rings is 1. The molecular formula is C16H26N2O5S. The number of aliphatic hydroxyl groups is 1. The molecule has 7 nitrogen and oxygen atoms in total. The first-order valence-corrected chi connectivity index (χ1v) is 8.55. The number of ether oxygens (including phenoxy) is 1. The van der Waals surface area contributed by atoms with Crippen LogP contribution in [-0.4, -0.2) is 57.6 Å². The second-order valence-electron chi connectivity index (χ2n) is 6.28. The van der Waals surface area contributed by atoms with Crippen molar-refractivity contribution in [3.8, 4) is 0 Å². The molecule has 136 valence electrons. The number of hydrogen-bond acceptors (Lipinski definition) is 6. The minimum Gasteiger partial charge on any atom is -0.462 e. The van der Waals surface area contributed by atoms with Gasteiger partial charge in [0.25, 0.3) is 0 Å². The van der Waals surface area contributed by atoms with Gasteiger partial charge in [0.2, 0.25) is 18.0 Å². The molecule has 2 unspecified atom stereocenters. The first-order chi connectivity index (χ1) is 11.2. The molecule has 2 atom stereocenters. The fourth-order valence-electron chi connectivity index (χ4n) is 2.67. The van der Waals surface area contributed by atoms with Crippen LogP contribution >= 0.6 is 12.2 Å². The number of carbonyl (C=O) groups is 3. The van der Waals surface area contributed by atoms with Gasteiger partial charge >= 0.3 is 5.97 Å². The lowest BCUT2D eigenvalue weighted by Crippen LogP contribution is -2.67. The summed E-state index contributed by atoms with van der Waals surface area (Å²) in [4.78, 5) is 36.4. The van der Waals surface area contributed by atoms with Crippen LogP contribution in [0.1, 0.15) is 52.9 Å². The Labute approximate surface area is 147 Å². The molecule has 1 heterocycles. The second-order valence-corrected chi connectivity index (χ2v) is 6.86. The number of esters is 1. The molecule has 1 fully saturated rings. The van der Waals surface area contributed by atoms with E-state index in [1.807, 2.05) is 6.92 Å². The van der Waals surface area contributed by atoms with Crippen molar-refractivity contribution in [3.63, 3.8) is 0 Å². The zero-order chi connectivity index (χ0) is 18.3. The molecule has 1 rings (SSSR count). The van der Waals surface area contributed by atoms with E-state index < -0.39 is 17.7 Å². The summed E-state index contributed by atoms with van der Waals surface area (Å²) in [5.41, 5.74) is -0.701. The Bertz CT molecular complexity index is 511. The molecule has 2 N–H and O–H groups in total. The summed E-state index contributed by atoms with van der Waals surface area (Å²) in [6.07, 6.45) is 1.07. The van der Waals surface area contributed by atoms with Crippen LogP contribution in [0.4, 0.5) is 0 Å². The van der Waals surface area contributed by atoms with Gasteiger partial charge in [-0.05, 0) is 24.6 Å². The summed E-state index contributed by atoms with van der Waals surface area (Å²) in [5.74, 6) is -1.25. The molecule has 0 spiro atoms. The largest absolute Gasteiger partial charge is 0.462 e. The van der Waals surface area contributed by atoms with Crippen molar-refractivity contribution in [2.75, 3.05) is 13.2 Å². The second kappa shape index (κ2) is 9.08. The first kappa shape index (κ1) is 20.5. The van der Waals surface area contributed by atoms with Crippen LogP contribution in [0.15, 0.2) is 0 Å². The molecule has 1 saturated heterocycles. The van der Waals surface area contributed by atoms with Gasteiger partial charge in [-0.2, -0.15) is 0 Å². The van der Waals surface area contributed by atoms with Crippen LogP contribution in [0.2, 0.25) is 0 Å². The standard InChI is InChI=1S/C16H26N2O5S/c1-4-5-8-23-15(22)14(21)18-13(20)10-16(18,3)9-12(24)6-7-17-11(2)19/h14,21H,4-10H2,1-3H3,(H,17,19). The molecule has 24 heavy (non-hydrogen) atoms. The number of unbranched alkanes of at least 4 members (excludes halogenated alkanes) is 1. The molecule has 0 aromatic rings. The number of likely N-dealkylation sites (tertiary alicyclic amines) is 1. The fourth-order valence-corrected chi connectivity index (χ4v) is 3.09. The number of nitrogens with zero attached hydrogens (tertiary/aromatic N) is 1. The Balaban J connectivity index is 2.57. The van der Waals surface area contributed by atoms with E-state index in [9.17, 15) is 19.5 Å². The van der Waals surface area contributed by atoms with E-state index in [1.54, 1.807) is 6.92 Å². The molecule has 8 heteroatoms. The molecule has 0 aromatic heterocycles. The maximum absolute atomic E-state index is 11.9. The highest BCUT2D eigenvalue weighted by molar-refractivity contribution is 7.80. The van der Waals surface area contributed by atoms with Gasteiger partial charge < -0.3 is 20.1 Å². The van der Waals surface area contributed by atoms with Crippen LogP contribution in [0.3, 0.4) is 0 Å². The zero-order valence-electron chi connectivity index (χ0n) is 14.5. The summed E-state index contributed by atoms with van der Waals surface area (Å²) in [5, 5.41) is 12.8. The predicted molar refractivity (Wildman–Crippen MR) is 92.3 cm³/mol. The van der Waals surface area contributed by atoms with E-state index in [0.717, 1.165) is 11.3 Å². The van der Waals surface area contributed by atoms with Crippen LogP contribution < -0.4 is 5.32 Å². The Kier molecular flexibility index (Phi) is 7.75. The molecule has 0 saturated carbocycles. The topological polar surface area (TPSA) is 95.9 Å². The Morgan fingerprint density at radius 2 is 2.17 bits per heavy atom. The molecule has 2 amide bonds. The lowest BCUT2D eigenvalue weighted by Gasteiger charge is -2.51. The summed E-state index contributed by atoms with van der Waals surface area (Å²) >= 11 is 5.30. The fraction of sp³-hybridized carbons (Fsp3) is 0.750. The van der Waals surface area contributed by atoms with Crippen molar-refractivity contribution in [1.82, 2.24) is 10.2 Å². The Morgan fingerprint density at radius 1 is 1.50 bits per heavy atom. The highest BCUT2D eigenvalue weighted by Gasteiger charge is 2.52. The number of rotatable bonds is 10. The lowest BCUT2D eigenvalue weighted by atomic mass is 9.80. The van der Waals surface area contributed by atoms with Gasteiger partial charge in [0, 0.05) is 19.9 Å². The minimum absolute atomic E-state index is 0.130. The van der Waals surface area contributed by atoms with Gasteiger partial charge in [0.05, 0.1) is 18.6 Å². The molecular weight excluding hydrogens is 332 g/mol. The summed E-state index contributed by atoms with van der Waals surface area (Å²) in [7, 11) is 0. The third kappa shape index (κ3) is 5.52. The molecule has 0 aliphatic carbocycles. The smallest absolute Gasteiger partial charge is 0.356 e. The summed E-state index contributed by atoms with van der Waals surface area (Å²) < 4.78 is 4.98. The SMILES string of the molecule is CCCCOC(=O)C(O)N1C(=O)CC1(C)CC(=S)CCNC(C)=O. The van der Waals surface area contributed by atoms with Gasteiger partial charge in [0.15, 0.2) is 0 Å². The van der Waals surface area contributed by atoms with Crippen molar-refractivity contribution < 1.29 is 24.2 Å². The van der Waals surface area contributed by atoms with Crippen LogP contribution in [-0.2, 0) is 19.1 Å². The Morgan fingerprint density at radius 3 is 2.71 bits per heavy atom. The van der Waals surface area contributed by atoms with Gasteiger partial charge in [-0.1, -0.05) is 25.6 Å². The molecule has 1 aliphatic rings. The zero-order valence-corrected chi connectivity index (χ0v) is 15.3. The van der Waals surface area contributed by atoms with Crippen LogP contribution in [0.25, 0.3) is 0 Å². The maximum atomic E-state index is 11.9. The summed E-state index contributed by atoms with van der Waals surface area (Å²) in [6, 6.07) is 0. The number of carbonyl (C=O) groups excluding carboxylic acids is 3. The van der Waals surface area contributed by atoms with Crippen molar-refractivity contribution >= 4 is 34.9 Å². The van der Waals surface area contributed by atoms with Crippen molar-refractivity contribution in [3.05, 3.63) is 0 Å². The van der Waals surface area contributed by atoms with E-state index in [4.69, 9.17) is 17.0 Å². The van der Waals surface area contributed by atoms with Gasteiger partial charge in [-0.3, -0.25) is 9.59 Å². The van der Waals surface area contributed by atoms with Crippen molar-refractivity contribution in [2.24, 2.45) is 0 Å². The summed E-state index contributed by atoms with van der Waals surface area (Å²) in [6.45, 7) is 5.82. The van der Waals surface area contributed by atoms with E-state index in [-0.39, 0.29) is 24.8 Å². The molecule has 0 bridgehead atoms. The van der Waals surface area contributed by atoms with E-state index in [1.165, 1.54) is 6.92 Å². The number of hydrogen-bond donors (Lipinski definition) is 2. The van der Waals surface area contributed by atoms with E-state index >= 15 is 0 Å². The molecule has 0 radical (unpaired) electrons. The molecule has 1 aliphatic heterocycles. The number of amides is 2. The highest BCUT2D eigenvalue weighted by atomic mass is 32.1. The highest BCUT2D eigenvalue weighted by Crippen LogP contribution is 2.37. The third-order valence-corrected chi connectivity index (χ3v) is 4.28. The lowest BCUT2D eigenvalue weighted by molar-refractivity contribution is -0.193. The van der Waals surface area contributed by atoms with Crippen LogP contribution in [0.5, 0.6) is 0 Å². The minimum atomic E-state index is -1.61. The molecule has 0 aromatic carbocycles. The van der Waals surface area contributed by atoms with Crippen molar-refractivity contribution in [1.29, 1.82) is 0 Å². The number of nitrogens with one attached hydrogen (secondary N) is 1. The average Bonchev–Trinajstić information content (AvgIpc) is 2.46. The quantitative estimate of drug-likeness (QED) is 0.261. The maximum Gasteiger partial charge on any atom is 0.356 e. The van der Waals surface area contributed by atoms with Gasteiger partial charge in [-0.15, -0.1) is 0 Å². The normalized spacial score (nSPS) is 21.0. The van der Waals surface area contributed by atoms with Gasteiger partial charge in [-0.25, -0.2) is 4.79 Å².